The summed E-state index contributed by atoms with van der Waals surface area (Å²) in [5.41, 5.74) is 0.195. The van der Waals surface area contributed by atoms with Gasteiger partial charge in [0.05, 0.1) is 12.1 Å². The minimum atomic E-state index is -0.373. The maximum absolute atomic E-state index is 13.1. The largest absolute Gasteiger partial charge is 0.492 e. The lowest BCUT2D eigenvalue weighted by molar-refractivity contribution is 0.0914. The van der Waals surface area contributed by atoms with Gasteiger partial charge in [-0.3, -0.25) is 0 Å². The first-order chi connectivity index (χ1) is 8.61. The first-order valence-electron chi connectivity index (χ1n) is 6.30. The molecule has 1 unspecified atom stereocenters. The molecular weight excluding hydrogens is 233 g/mol. The fourth-order valence-electron chi connectivity index (χ4n) is 2.20. The van der Waals surface area contributed by atoms with Crippen molar-refractivity contribution in [3.8, 4) is 5.75 Å². The van der Waals surface area contributed by atoms with Crippen molar-refractivity contribution in [2.24, 2.45) is 5.92 Å². The Kier molecular flexibility index (Phi) is 3.88. The van der Waals surface area contributed by atoms with Crippen molar-refractivity contribution in [1.82, 2.24) is 5.32 Å². The van der Waals surface area contributed by atoms with Gasteiger partial charge in [-0.2, -0.15) is 0 Å². The van der Waals surface area contributed by atoms with Crippen LogP contribution in [0.15, 0.2) is 18.2 Å². The van der Waals surface area contributed by atoms with Crippen LogP contribution in [0.3, 0.4) is 0 Å². The molecule has 0 saturated heterocycles. The number of nitrogens with one attached hydrogen (secondary N) is 1. The highest BCUT2D eigenvalue weighted by atomic mass is 19.1. The minimum Gasteiger partial charge on any atom is -0.492 e. The van der Waals surface area contributed by atoms with Crippen molar-refractivity contribution >= 4 is 0 Å². The molecule has 0 heterocycles. The average molecular weight is 253 g/mol. The zero-order valence-corrected chi connectivity index (χ0v) is 10.9. The second-order valence-corrected chi connectivity index (χ2v) is 5.04. The first-order valence-corrected chi connectivity index (χ1v) is 6.30. The quantitative estimate of drug-likeness (QED) is 0.813. The van der Waals surface area contributed by atoms with Gasteiger partial charge in [0, 0.05) is 0 Å². The number of likely N-dealkylation sites (N-methyl/N-ethyl adjacent to an activating group) is 1. The lowest BCUT2D eigenvalue weighted by Crippen LogP contribution is -2.53. The van der Waals surface area contributed by atoms with Gasteiger partial charge < -0.3 is 15.2 Å². The Morgan fingerprint density at radius 1 is 1.50 bits per heavy atom. The van der Waals surface area contributed by atoms with E-state index >= 15 is 0 Å². The van der Waals surface area contributed by atoms with Crippen LogP contribution >= 0.6 is 0 Å². The van der Waals surface area contributed by atoms with Gasteiger partial charge in [0.2, 0.25) is 0 Å². The van der Waals surface area contributed by atoms with Crippen molar-refractivity contribution in [3.05, 3.63) is 29.6 Å². The molecule has 0 radical (unpaired) electrons. The molecule has 0 aliphatic heterocycles. The third-order valence-corrected chi connectivity index (χ3v) is 3.76. The summed E-state index contributed by atoms with van der Waals surface area (Å²) in [6, 6.07) is 4.70. The van der Waals surface area contributed by atoms with E-state index in [9.17, 15) is 9.50 Å². The Hall–Kier alpha value is -1.13. The molecule has 100 valence electrons. The van der Waals surface area contributed by atoms with E-state index < -0.39 is 0 Å². The normalized spacial score (nSPS) is 18.4. The minimum absolute atomic E-state index is 0.0499. The van der Waals surface area contributed by atoms with Gasteiger partial charge in [0.1, 0.15) is 18.2 Å². The molecule has 1 atom stereocenters. The van der Waals surface area contributed by atoms with Crippen molar-refractivity contribution in [1.29, 1.82) is 0 Å². The summed E-state index contributed by atoms with van der Waals surface area (Å²) in [7, 11) is 1.84. The molecule has 1 aromatic carbocycles. The fraction of sp³-hybridized carbons (Fsp3) is 0.571. The van der Waals surface area contributed by atoms with Gasteiger partial charge in [-0.15, -0.1) is 0 Å². The number of halogens is 1. The van der Waals surface area contributed by atoms with Gasteiger partial charge in [0.25, 0.3) is 0 Å². The zero-order chi connectivity index (χ0) is 13.2. The monoisotopic (exact) mass is 253 g/mol. The van der Waals surface area contributed by atoms with Gasteiger partial charge in [-0.05, 0) is 56.5 Å². The van der Waals surface area contributed by atoms with E-state index in [0.29, 0.717) is 23.8 Å². The molecule has 0 aromatic heterocycles. The van der Waals surface area contributed by atoms with Crippen LogP contribution in [0.2, 0.25) is 0 Å². The molecule has 18 heavy (non-hydrogen) atoms. The summed E-state index contributed by atoms with van der Waals surface area (Å²) in [5.74, 6) is 0.878. The number of hydrogen-bond acceptors (Lipinski definition) is 3. The summed E-state index contributed by atoms with van der Waals surface area (Å²) in [4.78, 5) is 0. The predicted molar refractivity (Wildman–Crippen MR) is 68.2 cm³/mol. The number of aliphatic hydroxyl groups excluding tert-OH is 1. The van der Waals surface area contributed by atoms with E-state index in [0.717, 1.165) is 12.8 Å². The van der Waals surface area contributed by atoms with Gasteiger partial charge >= 0.3 is 0 Å². The highest BCUT2D eigenvalue weighted by Gasteiger charge is 2.44. The molecule has 2 N–H and O–H groups in total. The van der Waals surface area contributed by atoms with Crippen LogP contribution in [0.25, 0.3) is 0 Å². The number of hydrogen-bond donors (Lipinski definition) is 2. The molecule has 1 fully saturated rings. The molecule has 1 aliphatic rings. The Labute approximate surface area is 107 Å². The highest BCUT2D eigenvalue weighted by Crippen LogP contribution is 2.39. The molecule has 2 rings (SSSR count). The fourth-order valence-corrected chi connectivity index (χ4v) is 2.20. The maximum Gasteiger partial charge on any atom is 0.126 e. The summed E-state index contributed by atoms with van der Waals surface area (Å²) >= 11 is 0. The van der Waals surface area contributed by atoms with Gasteiger partial charge in [0.15, 0.2) is 0 Å². The average Bonchev–Trinajstić information content (AvgIpc) is 3.20. The van der Waals surface area contributed by atoms with Crippen LogP contribution in [-0.2, 0) is 0 Å². The van der Waals surface area contributed by atoms with E-state index in [1.54, 1.807) is 19.1 Å². The van der Waals surface area contributed by atoms with E-state index in [1.165, 1.54) is 6.07 Å². The lowest BCUT2D eigenvalue weighted by Gasteiger charge is -2.31. The molecule has 3 nitrogen and oxygen atoms in total. The SMILES string of the molecule is CNC(CO)(COc1ccc(F)c(C)c1)C1CC1. The second-order valence-electron chi connectivity index (χ2n) is 5.04. The Bertz CT molecular complexity index is 414. The molecule has 1 aliphatic carbocycles. The molecule has 1 saturated carbocycles. The van der Waals surface area contributed by atoms with E-state index in [4.69, 9.17) is 4.74 Å². The molecular formula is C14H20FNO2. The number of benzene rings is 1. The highest BCUT2D eigenvalue weighted by molar-refractivity contribution is 5.29. The zero-order valence-electron chi connectivity index (χ0n) is 10.9. The topological polar surface area (TPSA) is 41.5 Å². The van der Waals surface area contributed by atoms with Gasteiger partial charge in [-0.1, -0.05) is 0 Å². The third-order valence-electron chi connectivity index (χ3n) is 3.76. The first kappa shape index (κ1) is 13.3. The molecule has 0 amide bonds. The van der Waals surface area contributed by atoms with Crippen molar-refractivity contribution in [2.75, 3.05) is 20.3 Å². The number of aliphatic hydroxyl groups is 1. The lowest BCUT2D eigenvalue weighted by atomic mass is 9.95. The Morgan fingerprint density at radius 3 is 2.72 bits per heavy atom. The van der Waals surface area contributed by atoms with E-state index in [-0.39, 0.29) is 18.0 Å². The summed E-state index contributed by atoms with van der Waals surface area (Å²) in [5, 5.41) is 12.7. The van der Waals surface area contributed by atoms with Crippen LogP contribution in [0.5, 0.6) is 5.75 Å². The van der Waals surface area contributed by atoms with E-state index in [2.05, 4.69) is 5.32 Å². The van der Waals surface area contributed by atoms with Gasteiger partial charge in [-0.25, -0.2) is 4.39 Å². The van der Waals surface area contributed by atoms with Crippen molar-refractivity contribution in [2.45, 2.75) is 25.3 Å². The van der Waals surface area contributed by atoms with Crippen molar-refractivity contribution < 1.29 is 14.2 Å². The van der Waals surface area contributed by atoms with Crippen molar-refractivity contribution in [3.63, 3.8) is 0 Å². The Balaban J connectivity index is 2.02. The maximum atomic E-state index is 13.1. The predicted octanol–water partition coefficient (Wildman–Crippen LogP) is 1.87. The standard InChI is InChI=1S/C14H20FNO2/c1-10-7-12(5-6-13(10)15)18-9-14(8-17,16-2)11-3-4-11/h5-7,11,16-17H,3-4,8-9H2,1-2H3. The van der Waals surface area contributed by atoms with E-state index in [1.807, 2.05) is 7.05 Å². The van der Waals surface area contributed by atoms with Crippen LogP contribution in [-0.4, -0.2) is 30.9 Å². The van der Waals surface area contributed by atoms with Crippen LogP contribution < -0.4 is 10.1 Å². The Morgan fingerprint density at radius 2 is 2.22 bits per heavy atom. The summed E-state index contributed by atoms with van der Waals surface area (Å²) in [6.45, 7) is 2.16. The number of aryl methyl sites for hydroxylation is 1. The van der Waals surface area contributed by atoms with Crippen LogP contribution in [0.4, 0.5) is 4.39 Å². The molecule has 1 aromatic rings. The molecule has 0 spiro atoms. The second kappa shape index (κ2) is 5.24. The number of ether oxygens (including phenoxy) is 1. The smallest absolute Gasteiger partial charge is 0.126 e. The third kappa shape index (κ3) is 2.65. The van der Waals surface area contributed by atoms with Crippen LogP contribution in [0, 0.1) is 18.7 Å². The molecule has 0 bridgehead atoms. The van der Waals surface area contributed by atoms with Crippen LogP contribution in [0.1, 0.15) is 18.4 Å². The number of rotatable bonds is 6. The molecule has 4 heteroatoms. The summed E-state index contributed by atoms with van der Waals surface area (Å²) < 4.78 is 18.8. The summed E-state index contributed by atoms with van der Waals surface area (Å²) in [6.07, 6.45) is 2.24.